The number of nitrogens with zero attached hydrogens (tertiary/aromatic N) is 4. The third-order valence-corrected chi connectivity index (χ3v) is 3.92. The Morgan fingerprint density at radius 2 is 2.17 bits per heavy atom. The standard InChI is InChI=1S/C10H14N5O7P.Na/c11-8-5-9(13-2-12-8)15(3-14-5)10-6(17)7(4(1-16)21-10)22-23(18,19)20;/h2-4,6-7,10,16-17H,1H2,(H2,11,12,13)(H2,18,19,20);/q;+1/p-1/t4-,6-,7+,10-;/m1./s1. The zero-order valence-electron chi connectivity index (χ0n) is 12.5. The van der Waals surface area contributed by atoms with Crippen molar-refractivity contribution in [2.75, 3.05) is 12.3 Å². The molecule has 12 nitrogen and oxygen atoms in total. The van der Waals surface area contributed by atoms with E-state index < -0.39 is 39.0 Å². The van der Waals surface area contributed by atoms with Gasteiger partial charge in [-0.2, -0.15) is 0 Å². The van der Waals surface area contributed by atoms with Crippen LogP contribution in [0.3, 0.4) is 0 Å². The maximum atomic E-state index is 10.9. The second kappa shape index (κ2) is 7.30. The van der Waals surface area contributed by atoms with Crippen molar-refractivity contribution >= 4 is 24.8 Å². The van der Waals surface area contributed by atoms with Crippen molar-refractivity contribution in [3.05, 3.63) is 12.7 Å². The molecule has 0 amide bonds. The Balaban J connectivity index is 0.00000208. The maximum Gasteiger partial charge on any atom is 1.00 e. The van der Waals surface area contributed by atoms with E-state index in [9.17, 15) is 19.7 Å². The first-order valence-corrected chi connectivity index (χ1v) is 7.91. The summed E-state index contributed by atoms with van der Waals surface area (Å²) < 4.78 is 22.0. The molecule has 0 aromatic carbocycles. The average Bonchev–Trinajstić information content (AvgIpc) is 3.01. The molecule has 0 spiro atoms. The van der Waals surface area contributed by atoms with Crippen molar-refractivity contribution in [1.29, 1.82) is 0 Å². The molecule has 2 aromatic rings. The fourth-order valence-electron chi connectivity index (χ4n) is 2.44. The molecular weight excluding hydrogens is 356 g/mol. The Morgan fingerprint density at radius 3 is 2.79 bits per heavy atom. The van der Waals surface area contributed by atoms with Crippen LogP contribution in [0.2, 0.25) is 0 Å². The summed E-state index contributed by atoms with van der Waals surface area (Å²) in [6.45, 7) is -0.637. The summed E-state index contributed by atoms with van der Waals surface area (Å²) in [5.74, 6) is 0.118. The number of nitrogen functional groups attached to an aromatic ring is 1. The molecule has 3 heterocycles. The molecule has 0 bridgehead atoms. The van der Waals surface area contributed by atoms with E-state index in [1.54, 1.807) is 0 Å². The van der Waals surface area contributed by atoms with Gasteiger partial charge >= 0.3 is 29.6 Å². The molecule has 126 valence electrons. The van der Waals surface area contributed by atoms with Gasteiger partial charge in [-0.05, 0) is 0 Å². The molecule has 3 rings (SSSR count). The van der Waals surface area contributed by atoms with E-state index in [1.807, 2.05) is 0 Å². The van der Waals surface area contributed by atoms with E-state index in [0.29, 0.717) is 0 Å². The Morgan fingerprint density at radius 1 is 1.46 bits per heavy atom. The van der Waals surface area contributed by atoms with Crippen LogP contribution in [0.4, 0.5) is 5.82 Å². The number of imidazole rings is 1. The van der Waals surface area contributed by atoms with Gasteiger partial charge in [-0.3, -0.25) is 9.13 Å². The first kappa shape index (κ1) is 19.7. The Labute approximate surface area is 157 Å². The molecule has 1 aliphatic rings. The van der Waals surface area contributed by atoms with Crippen LogP contribution in [0.5, 0.6) is 0 Å². The predicted octanol–water partition coefficient (Wildman–Crippen LogP) is -5.49. The number of aliphatic hydroxyl groups is 2. The first-order valence-electron chi connectivity index (χ1n) is 6.41. The summed E-state index contributed by atoms with van der Waals surface area (Å²) in [7, 11) is -5.13. The van der Waals surface area contributed by atoms with Gasteiger partial charge < -0.3 is 35.0 Å². The van der Waals surface area contributed by atoms with Gasteiger partial charge in [0.1, 0.15) is 30.2 Å². The van der Waals surface area contributed by atoms with E-state index in [4.69, 9.17) is 15.4 Å². The molecule has 5 atom stereocenters. The molecule has 1 saturated heterocycles. The van der Waals surface area contributed by atoms with E-state index in [-0.39, 0.29) is 46.5 Å². The third-order valence-electron chi connectivity index (χ3n) is 3.41. The van der Waals surface area contributed by atoms with Crippen LogP contribution in [0.25, 0.3) is 11.2 Å². The van der Waals surface area contributed by atoms with Gasteiger partial charge in [0.05, 0.1) is 12.9 Å². The molecule has 0 radical (unpaired) electrons. The van der Waals surface area contributed by atoms with Crippen molar-refractivity contribution in [3.63, 3.8) is 0 Å². The largest absolute Gasteiger partial charge is 1.00 e. The number of nitrogens with two attached hydrogens (primary N) is 1. The number of ether oxygens (including phenoxy) is 1. The van der Waals surface area contributed by atoms with E-state index in [2.05, 4.69) is 19.5 Å². The zero-order chi connectivity index (χ0) is 16.8. The average molecular weight is 369 g/mol. The van der Waals surface area contributed by atoms with Crippen molar-refractivity contribution in [3.8, 4) is 0 Å². The van der Waals surface area contributed by atoms with Crippen LogP contribution in [0.15, 0.2) is 12.7 Å². The van der Waals surface area contributed by atoms with Crippen LogP contribution in [-0.2, 0) is 13.8 Å². The van der Waals surface area contributed by atoms with Gasteiger partial charge in [-0.1, -0.05) is 0 Å². The summed E-state index contributed by atoms with van der Waals surface area (Å²) in [4.78, 5) is 31.5. The van der Waals surface area contributed by atoms with Crippen LogP contribution in [-0.4, -0.2) is 59.5 Å². The van der Waals surface area contributed by atoms with Gasteiger partial charge in [-0.25, -0.2) is 15.0 Å². The molecular formula is C10H13N5NaO7P. The van der Waals surface area contributed by atoms with Crippen LogP contribution in [0, 0.1) is 0 Å². The molecule has 1 fully saturated rings. The molecule has 1 aliphatic heterocycles. The number of aliphatic hydroxyl groups excluding tert-OH is 2. The number of fused-ring (bicyclic) bond motifs is 1. The van der Waals surface area contributed by atoms with Crippen molar-refractivity contribution in [2.45, 2.75) is 24.5 Å². The monoisotopic (exact) mass is 369 g/mol. The Bertz CT molecular complexity index is 769. The number of phosphoric acid groups is 1. The van der Waals surface area contributed by atoms with Crippen molar-refractivity contribution in [1.82, 2.24) is 19.5 Å². The Kier molecular flexibility index (Phi) is 5.98. The normalized spacial score (nSPS) is 29.3. The third kappa shape index (κ3) is 3.63. The summed E-state index contributed by atoms with van der Waals surface area (Å²) in [6.07, 6.45) is -2.88. The van der Waals surface area contributed by atoms with Crippen molar-refractivity contribution in [2.24, 2.45) is 0 Å². The predicted molar refractivity (Wildman–Crippen MR) is 71.4 cm³/mol. The summed E-state index contributed by atoms with van der Waals surface area (Å²) >= 11 is 0. The summed E-state index contributed by atoms with van der Waals surface area (Å²) in [5.41, 5.74) is 6.17. The number of aromatic nitrogens is 4. The number of hydrogen-bond acceptors (Lipinski definition) is 10. The number of phosphoric ester groups is 1. The molecule has 2 aromatic heterocycles. The van der Waals surface area contributed by atoms with Crippen LogP contribution >= 0.6 is 7.82 Å². The SMILES string of the molecule is Nc1ncnc2c1ncn2[C@@H]1O[C@H](CO)[C@H](OP(=O)([O-])O)[C@H]1O.[Na+]. The maximum absolute atomic E-state index is 10.9. The number of anilines is 1. The molecule has 14 heteroatoms. The fourth-order valence-corrected chi connectivity index (χ4v) is 3.00. The Hall–Kier alpha value is -0.660. The molecule has 1 unspecified atom stereocenters. The van der Waals surface area contributed by atoms with Crippen molar-refractivity contribution < 1.29 is 63.4 Å². The smallest absolute Gasteiger partial charge is 0.756 e. The quantitative estimate of drug-likeness (QED) is 0.297. The fraction of sp³-hybridized carbons (Fsp3) is 0.500. The zero-order valence-corrected chi connectivity index (χ0v) is 15.4. The molecule has 0 saturated carbocycles. The summed E-state index contributed by atoms with van der Waals surface area (Å²) in [5, 5.41) is 19.5. The minimum Gasteiger partial charge on any atom is -0.756 e. The minimum absolute atomic E-state index is 0. The van der Waals surface area contributed by atoms with Gasteiger partial charge in [0.2, 0.25) is 0 Å². The molecule has 24 heavy (non-hydrogen) atoms. The van der Waals surface area contributed by atoms with E-state index >= 15 is 0 Å². The summed E-state index contributed by atoms with van der Waals surface area (Å²) in [6, 6.07) is 0. The number of hydrogen-bond donors (Lipinski definition) is 4. The second-order valence-corrected chi connectivity index (χ2v) is 6.01. The molecule has 5 N–H and O–H groups in total. The number of rotatable bonds is 4. The van der Waals surface area contributed by atoms with E-state index in [1.165, 1.54) is 17.2 Å². The molecule has 0 aliphatic carbocycles. The first-order chi connectivity index (χ1) is 10.8. The van der Waals surface area contributed by atoms with E-state index in [0.717, 1.165) is 0 Å². The minimum atomic E-state index is -5.13. The van der Waals surface area contributed by atoms with Gasteiger partial charge in [0.15, 0.2) is 17.7 Å². The van der Waals surface area contributed by atoms with Gasteiger partial charge in [0.25, 0.3) is 7.82 Å². The van der Waals surface area contributed by atoms with Gasteiger partial charge in [-0.15, -0.1) is 0 Å². The van der Waals surface area contributed by atoms with Gasteiger partial charge in [0, 0.05) is 0 Å². The second-order valence-electron chi connectivity index (χ2n) is 4.86. The van der Waals surface area contributed by atoms with Crippen LogP contribution < -0.4 is 40.2 Å². The topological polar surface area (TPSA) is 189 Å². The van der Waals surface area contributed by atoms with Crippen LogP contribution in [0.1, 0.15) is 6.23 Å².